The van der Waals surface area contributed by atoms with Crippen LogP contribution in [0, 0.1) is 0 Å². The number of nitrogens with zero attached hydrogens (tertiary/aromatic N) is 1. The molecule has 0 aliphatic rings. The molecule has 3 aromatic rings. The van der Waals surface area contributed by atoms with E-state index in [1.165, 1.54) is 16.9 Å². The van der Waals surface area contributed by atoms with E-state index < -0.39 is 0 Å². The normalized spacial score (nSPS) is 11.0. The summed E-state index contributed by atoms with van der Waals surface area (Å²) >= 11 is 1.27. The van der Waals surface area contributed by atoms with Crippen molar-refractivity contribution in [1.29, 1.82) is 0 Å². The average molecular weight is 424 g/mol. The number of carbonyl (C=O) groups excluding carboxylic acids is 2. The minimum absolute atomic E-state index is 0.0950. The number of pyridine rings is 1. The molecule has 7 heteroatoms. The molecule has 156 valence electrons. The molecule has 0 spiro atoms. The maximum Gasteiger partial charge on any atom is 0.263 e. The largest absolute Gasteiger partial charge is 0.492 e. The molecule has 2 heterocycles. The first kappa shape index (κ1) is 21.5. The first-order valence-corrected chi connectivity index (χ1v) is 10.5. The van der Waals surface area contributed by atoms with Crippen LogP contribution in [-0.4, -0.2) is 29.9 Å². The highest BCUT2D eigenvalue weighted by Crippen LogP contribution is 2.24. The molecule has 0 saturated heterocycles. The Balaban J connectivity index is 1.49. The Morgan fingerprint density at radius 1 is 1.00 bits per heavy atom. The fourth-order valence-corrected chi connectivity index (χ4v) is 3.51. The van der Waals surface area contributed by atoms with Gasteiger partial charge in [-0.3, -0.25) is 14.6 Å². The van der Waals surface area contributed by atoms with Crippen LogP contribution in [0.1, 0.15) is 46.4 Å². The summed E-state index contributed by atoms with van der Waals surface area (Å²) in [6, 6.07) is 12.9. The van der Waals surface area contributed by atoms with Gasteiger partial charge in [-0.25, -0.2) is 0 Å². The zero-order valence-electron chi connectivity index (χ0n) is 17.3. The molecule has 0 aliphatic heterocycles. The molecule has 30 heavy (non-hydrogen) atoms. The first-order chi connectivity index (χ1) is 14.3. The topological polar surface area (TPSA) is 80.3 Å². The lowest BCUT2D eigenvalue weighted by Crippen LogP contribution is -2.28. The van der Waals surface area contributed by atoms with Crippen molar-refractivity contribution in [3.63, 3.8) is 0 Å². The molecule has 0 bridgehead atoms. The van der Waals surface area contributed by atoms with Gasteiger partial charge in [0.25, 0.3) is 11.8 Å². The van der Waals surface area contributed by atoms with Crippen LogP contribution >= 0.6 is 11.3 Å². The van der Waals surface area contributed by atoms with Crippen molar-refractivity contribution in [3.05, 3.63) is 76.2 Å². The lowest BCUT2D eigenvalue weighted by atomic mass is 9.87. The third-order valence-electron chi connectivity index (χ3n) is 4.44. The van der Waals surface area contributed by atoms with Gasteiger partial charge in [0.05, 0.1) is 12.2 Å². The lowest BCUT2D eigenvalue weighted by molar-refractivity contribution is 0.0952. The Morgan fingerprint density at radius 3 is 2.37 bits per heavy atom. The third kappa shape index (κ3) is 5.67. The molecule has 0 atom stereocenters. The maximum absolute atomic E-state index is 12.5. The summed E-state index contributed by atoms with van der Waals surface area (Å²) in [6.07, 6.45) is 3.10. The number of hydrogen-bond donors (Lipinski definition) is 2. The Bertz CT molecular complexity index is 993. The van der Waals surface area contributed by atoms with E-state index in [4.69, 9.17) is 4.74 Å². The molecule has 2 aromatic heterocycles. The molecule has 6 nitrogen and oxygen atoms in total. The van der Waals surface area contributed by atoms with Gasteiger partial charge in [-0.2, -0.15) is 0 Å². The van der Waals surface area contributed by atoms with Crippen molar-refractivity contribution >= 4 is 28.8 Å². The van der Waals surface area contributed by atoms with Crippen molar-refractivity contribution in [2.24, 2.45) is 0 Å². The van der Waals surface area contributed by atoms with Gasteiger partial charge < -0.3 is 15.4 Å². The van der Waals surface area contributed by atoms with E-state index in [1.54, 1.807) is 36.0 Å². The summed E-state index contributed by atoms with van der Waals surface area (Å²) in [7, 11) is 0. The zero-order chi connectivity index (χ0) is 21.6. The van der Waals surface area contributed by atoms with E-state index in [9.17, 15) is 9.59 Å². The second kappa shape index (κ2) is 9.54. The Morgan fingerprint density at radius 2 is 1.70 bits per heavy atom. The summed E-state index contributed by atoms with van der Waals surface area (Å²) in [5, 5.41) is 7.37. The van der Waals surface area contributed by atoms with E-state index in [1.807, 2.05) is 12.1 Å². The van der Waals surface area contributed by atoms with E-state index in [0.29, 0.717) is 29.3 Å². The van der Waals surface area contributed by atoms with Crippen LogP contribution in [0.25, 0.3) is 0 Å². The summed E-state index contributed by atoms with van der Waals surface area (Å²) in [5.74, 6) is 0.229. The number of aromatic nitrogens is 1. The van der Waals surface area contributed by atoms with Gasteiger partial charge in [0.15, 0.2) is 0 Å². The van der Waals surface area contributed by atoms with Gasteiger partial charge in [0, 0.05) is 18.0 Å². The Hall–Kier alpha value is -3.19. The first-order valence-electron chi connectivity index (χ1n) is 9.65. The van der Waals surface area contributed by atoms with Gasteiger partial charge in [-0.05, 0) is 46.7 Å². The number of rotatable bonds is 7. The Kier molecular flexibility index (Phi) is 6.84. The number of hydrogen-bond acceptors (Lipinski definition) is 5. The molecule has 1 aromatic carbocycles. The van der Waals surface area contributed by atoms with Crippen molar-refractivity contribution < 1.29 is 14.3 Å². The fourth-order valence-electron chi connectivity index (χ4n) is 2.75. The predicted octanol–water partition coefficient (Wildman–Crippen LogP) is 4.50. The lowest BCUT2D eigenvalue weighted by Gasteiger charge is -2.19. The molecule has 0 aliphatic carbocycles. The van der Waals surface area contributed by atoms with E-state index in [-0.39, 0.29) is 17.2 Å². The van der Waals surface area contributed by atoms with Crippen LogP contribution in [0.5, 0.6) is 5.75 Å². The standard InChI is InChI=1S/C23H25N3O3S/c1-23(2,3)17-4-6-18(7-5-17)29-14-13-25-22(28)20-19(10-15-30-20)26-21(27)16-8-11-24-12-9-16/h4-12,15H,13-14H2,1-3H3,(H,25,28)(H,26,27). The quantitative estimate of drug-likeness (QED) is 0.548. The molecule has 2 amide bonds. The SMILES string of the molecule is CC(C)(C)c1ccc(OCCNC(=O)c2sccc2NC(=O)c2ccncc2)cc1. The number of thiophene rings is 1. The molecule has 0 unspecified atom stereocenters. The van der Waals surface area contributed by atoms with Crippen molar-refractivity contribution in [3.8, 4) is 5.75 Å². The number of carbonyl (C=O) groups is 2. The molecule has 2 N–H and O–H groups in total. The maximum atomic E-state index is 12.5. The number of nitrogens with one attached hydrogen (secondary N) is 2. The number of amides is 2. The molecular formula is C23H25N3O3S. The summed E-state index contributed by atoms with van der Waals surface area (Å²) < 4.78 is 5.71. The van der Waals surface area contributed by atoms with Crippen molar-refractivity contribution in [2.75, 3.05) is 18.5 Å². The van der Waals surface area contributed by atoms with Crippen molar-refractivity contribution in [2.45, 2.75) is 26.2 Å². The van der Waals surface area contributed by atoms with E-state index in [0.717, 1.165) is 5.75 Å². The monoisotopic (exact) mass is 423 g/mol. The fraction of sp³-hybridized carbons (Fsp3) is 0.261. The third-order valence-corrected chi connectivity index (χ3v) is 5.35. The minimum atomic E-state index is -0.285. The van der Waals surface area contributed by atoms with Gasteiger partial charge in [-0.15, -0.1) is 11.3 Å². The van der Waals surface area contributed by atoms with Gasteiger partial charge in [-0.1, -0.05) is 32.9 Å². The second-order valence-corrected chi connectivity index (χ2v) is 8.65. The number of benzene rings is 1. The summed E-state index contributed by atoms with van der Waals surface area (Å²) in [5.41, 5.74) is 2.30. The molecule has 0 radical (unpaired) electrons. The van der Waals surface area contributed by atoms with Gasteiger partial charge in [0.2, 0.25) is 0 Å². The highest BCUT2D eigenvalue weighted by molar-refractivity contribution is 7.12. The van der Waals surface area contributed by atoms with Gasteiger partial charge in [0.1, 0.15) is 17.2 Å². The Labute approximate surface area is 180 Å². The highest BCUT2D eigenvalue weighted by atomic mass is 32.1. The average Bonchev–Trinajstić information content (AvgIpc) is 3.19. The predicted molar refractivity (Wildman–Crippen MR) is 119 cm³/mol. The summed E-state index contributed by atoms with van der Waals surface area (Å²) in [4.78, 5) is 29.1. The van der Waals surface area contributed by atoms with Crippen molar-refractivity contribution in [1.82, 2.24) is 10.3 Å². The van der Waals surface area contributed by atoms with Crippen LogP contribution < -0.4 is 15.4 Å². The van der Waals surface area contributed by atoms with Crippen LogP contribution in [0.15, 0.2) is 60.2 Å². The van der Waals surface area contributed by atoms with Crippen LogP contribution in [0.2, 0.25) is 0 Å². The molecular weight excluding hydrogens is 398 g/mol. The van der Waals surface area contributed by atoms with Crippen LogP contribution in [0.4, 0.5) is 5.69 Å². The second-order valence-electron chi connectivity index (χ2n) is 7.73. The zero-order valence-corrected chi connectivity index (χ0v) is 18.1. The van der Waals surface area contributed by atoms with Crippen LogP contribution in [-0.2, 0) is 5.41 Å². The minimum Gasteiger partial charge on any atom is -0.492 e. The summed E-state index contributed by atoms with van der Waals surface area (Å²) in [6.45, 7) is 7.20. The highest BCUT2D eigenvalue weighted by Gasteiger charge is 2.16. The number of anilines is 1. The van der Waals surface area contributed by atoms with E-state index in [2.05, 4.69) is 48.5 Å². The molecule has 0 fully saturated rings. The molecule has 3 rings (SSSR count). The van der Waals surface area contributed by atoms with Crippen LogP contribution in [0.3, 0.4) is 0 Å². The van der Waals surface area contributed by atoms with Gasteiger partial charge >= 0.3 is 0 Å². The number of ether oxygens (including phenoxy) is 1. The van der Waals surface area contributed by atoms with E-state index >= 15 is 0 Å². The molecule has 0 saturated carbocycles. The smallest absolute Gasteiger partial charge is 0.263 e.